The van der Waals surface area contributed by atoms with E-state index in [1.54, 1.807) is 24.3 Å². The van der Waals surface area contributed by atoms with Gasteiger partial charge in [-0.15, -0.1) is 0 Å². The van der Waals surface area contributed by atoms with Crippen molar-refractivity contribution in [2.24, 2.45) is 0 Å². The highest BCUT2D eigenvalue weighted by Gasteiger charge is 2.28. The first-order valence-corrected chi connectivity index (χ1v) is 11.1. The number of amides is 1. The van der Waals surface area contributed by atoms with Gasteiger partial charge in [0.05, 0.1) is 4.90 Å². The maximum atomic E-state index is 12.9. The number of rotatable bonds is 6. The smallest absolute Gasteiger partial charge is 0.243 e. The predicted molar refractivity (Wildman–Crippen MR) is 109 cm³/mol. The van der Waals surface area contributed by atoms with E-state index in [1.807, 2.05) is 0 Å². The number of piperazine rings is 1. The van der Waals surface area contributed by atoms with E-state index < -0.39 is 10.0 Å². The highest BCUT2D eigenvalue weighted by Crippen LogP contribution is 2.21. The summed E-state index contributed by atoms with van der Waals surface area (Å²) < 4.78 is 40.6. The van der Waals surface area contributed by atoms with Crippen molar-refractivity contribution in [3.63, 3.8) is 0 Å². The van der Waals surface area contributed by atoms with Crippen LogP contribution < -0.4 is 5.32 Å². The minimum Gasteiger partial charge on any atom is -0.326 e. The van der Waals surface area contributed by atoms with Gasteiger partial charge >= 0.3 is 0 Å². The molecule has 0 aliphatic carbocycles. The number of hydrogen-bond donors (Lipinski definition) is 1. The Bertz CT molecular complexity index is 930. The summed E-state index contributed by atoms with van der Waals surface area (Å²) in [5, 5.41) is 2.73. The maximum Gasteiger partial charge on any atom is 0.243 e. The van der Waals surface area contributed by atoms with Gasteiger partial charge in [0.2, 0.25) is 15.9 Å². The van der Waals surface area contributed by atoms with Crippen LogP contribution in [-0.4, -0.2) is 56.3 Å². The summed E-state index contributed by atoms with van der Waals surface area (Å²) >= 11 is 3.30. The zero-order valence-electron chi connectivity index (χ0n) is 15.1. The molecule has 2 aromatic rings. The third-order valence-corrected chi connectivity index (χ3v) is 6.94. The van der Waals surface area contributed by atoms with E-state index in [0.29, 0.717) is 38.4 Å². The van der Waals surface area contributed by atoms with Crippen molar-refractivity contribution in [3.05, 3.63) is 58.8 Å². The molecule has 0 aromatic heterocycles. The van der Waals surface area contributed by atoms with Crippen LogP contribution in [0.1, 0.15) is 6.42 Å². The largest absolute Gasteiger partial charge is 0.326 e. The molecule has 1 fully saturated rings. The van der Waals surface area contributed by atoms with E-state index in [1.165, 1.54) is 28.6 Å². The summed E-state index contributed by atoms with van der Waals surface area (Å²) in [5.41, 5.74) is 0.552. The molecule has 0 saturated carbocycles. The second-order valence-corrected chi connectivity index (χ2v) is 9.36. The van der Waals surface area contributed by atoms with Gasteiger partial charge < -0.3 is 10.2 Å². The first-order chi connectivity index (χ1) is 13.3. The molecule has 0 radical (unpaired) electrons. The van der Waals surface area contributed by atoms with Crippen LogP contribution in [0.5, 0.6) is 0 Å². The lowest BCUT2D eigenvalue weighted by molar-refractivity contribution is -0.116. The minimum atomic E-state index is -3.52. The molecule has 1 heterocycles. The summed E-state index contributed by atoms with van der Waals surface area (Å²) in [4.78, 5) is 14.4. The fraction of sp³-hybridized carbons (Fsp3) is 0.316. The molecule has 0 unspecified atom stereocenters. The zero-order valence-corrected chi connectivity index (χ0v) is 17.5. The van der Waals surface area contributed by atoms with Crippen LogP contribution in [0, 0.1) is 5.82 Å². The zero-order chi connectivity index (χ0) is 20.1. The van der Waals surface area contributed by atoms with E-state index >= 15 is 0 Å². The second kappa shape index (κ2) is 9.13. The number of sulfonamides is 1. The lowest BCUT2D eigenvalue weighted by atomic mass is 10.2. The molecule has 2 aromatic carbocycles. The van der Waals surface area contributed by atoms with Crippen LogP contribution >= 0.6 is 15.9 Å². The van der Waals surface area contributed by atoms with Crippen molar-refractivity contribution in [2.75, 3.05) is 38.0 Å². The molecule has 1 N–H and O–H groups in total. The second-order valence-electron chi connectivity index (χ2n) is 6.51. The molecule has 1 saturated heterocycles. The number of carbonyl (C=O) groups excluding carboxylic acids is 1. The van der Waals surface area contributed by atoms with E-state index in [9.17, 15) is 17.6 Å². The summed E-state index contributed by atoms with van der Waals surface area (Å²) in [6, 6.07) is 12.3. The molecule has 1 aliphatic heterocycles. The van der Waals surface area contributed by atoms with Gasteiger partial charge in [-0.05, 0) is 42.5 Å². The van der Waals surface area contributed by atoms with Gasteiger partial charge in [0.1, 0.15) is 5.82 Å². The van der Waals surface area contributed by atoms with Crippen molar-refractivity contribution in [1.29, 1.82) is 0 Å². The molecule has 150 valence electrons. The van der Waals surface area contributed by atoms with Crippen LogP contribution in [-0.2, 0) is 14.8 Å². The fourth-order valence-electron chi connectivity index (χ4n) is 2.99. The molecule has 0 atom stereocenters. The molecular weight excluding hydrogens is 449 g/mol. The number of carbonyl (C=O) groups is 1. The molecule has 3 rings (SSSR count). The van der Waals surface area contributed by atoms with Crippen LogP contribution in [0.25, 0.3) is 0 Å². The molecule has 0 bridgehead atoms. The average molecular weight is 470 g/mol. The lowest BCUT2D eigenvalue weighted by Gasteiger charge is -2.33. The van der Waals surface area contributed by atoms with E-state index in [4.69, 9.17) is 0 Å². The molecule has 9 heteroatoms. The Morgan fingerprint density at radius 2 is 1.75 bits per heavy atom. The quantitative estimate of drug-likeness (QED) is 0.705. The van der Waals surface area contributed by atoms with Gasteiger partial charge in [-0.3, -0.25) is 4.79 Å². The highest BCUT2D eigenvalue weighted by atomic mass is 79.9. The van der Waals surface area contributed by atoms with E-state index in [0.717, 1.165) is 4.47 Å². The summed E-state index contributed by atoms with van der Waals surface area (Å²) in [7, 11) is -3.52. The topological polar surface area (TPSA) is 69.7 Å². The summed E-state index contributed by atoms with van der Waals surface area (Å²) in [6.45, 7) is 2.44. The number of benzene rings is 2. The van der Waals surface area contributed by atoms with Crippen LogP contribution in [0.15, 0.2) is 57.9 Å². The fourth-order valence-corrected chi connectivity index (χ4v) is 5.01. The van der Waals surface area contributed by atoms with Crippen LogP contribution in [0.4, 0.5) is 10.1 Å². The summed E-state index contributed by atoms with van der Waals surface area (Å²) in [6.07, 6.45) is 0.287. The minimum absolute atomic E-state index is 0.157. The standard InChI is InChI=1S/C19H21BrFN3O3S/c20-15-2-1-3-18(14-15)28(26,27)24-12-10-23(11-13-24)9-8-19(25)22-17-6-4-16(21)5-7-17/h1-7,14H,8-13H2,(H,22,25). The number of hydrogen-bond acceptors (Lipinski definition) is 4. The Morgan fingerprint density at radius 3 is 2.39 bits per heavy atom. The van der Waals surface area contributed by atoms with Crippen molar-refractivity contribution < 1.29 is 17.6 Å². The average Bonchev–Trinajstić information content (AvgIpc) is 2.68. The number of nitrogens with one attached hydrogen (secondary N) is 1. The number of nitrogens with zero attached hydrogens (tertiary/aromatic N) is 2. The van der Waals surface area contributed by atoms with E-state index in [-0.39, 0.29) is 23.0 Å². The highest BCUT2D eigenvalue weighted by molar-refractivity contribution is 9.10. The summed E-state index contributed by atoms with van der Waals surface area (Å²) in [5.74, 6) is -0.510. The van der Waals surface area contributed by atoms with Crippen molar-refractivity contribution >= 4 is 37.5 Å². The Hall–Kier alpha value is -1.81. The van der Waals surface area contributed by atoms with Gasteiger partial charge in [0, 0.05) is 49.3 Å². The normalized spacial score (nSPS) is 16.1. The van der Waals surface area contributed by atoms with Crippen LogP contribution in [0.3, 0.4) is 0 Å². The lowest BCUT2D eigenvalue weighted by Crippen LogP contribution is -2.49. The Kier molecular flexibility index (Phi) is 6.82. The molecule has 28 heavy (non-hydrogen) atoms. The third kappa shape index (κ3) is 5.38. The van der Waals surface area contributed by atoms with Crippen LogP contribution in [0.2, 0.25) is 0 Å². The van der Waals surface area contributed by atoms with Crippen molar-refractivity contribution in [3.8, 4) is 0 Å². The van der Waals surface area contributed by atoms with Gasteiger partial charge in [0.25, 0.3) is 0 Å². The maximum absolute atomic E-state index is 12.9. The van der Waals surface area contributed by atoms with Gasteiger partial charge in [-0.2, -0.15) is 4.31 Å². The number of anilines is 1. The van der Waals surface area contributed by atoms with E-state index in [2.05, 4.69) is 26.1 Å². The first-order valence-electron chi connectivity index (χ1n) is 8.88. The molecular formula is C19H21BrFN3O3S. The SMILES string of the molecule is O=C(CCN1CCN(S(=O)(=O)c2cccc(Br)c2)CC1)Nc1ccc(F)cc1. The monoisotopic (exact) mass is 469 g/mol. The predicted octanol–water partition coefficient (Wildman–Crippen LogP) is 2.92. The van der Waals surface area contributed by atoms with Crippen molar-refractivity contribution in [2.45, 2.75) is 11.3 Å². The first kappa shape index (κ1) is 20.9. The third-order valence-electron chi connectivity index (χ3n) is 4.55. The Balaban J connectivity index is 1.47. The van der Waals surface area contributed by atoms with Gasteiger partial charge in [-0.25, -0.2) is 12.8 Å². The van der Waals surface area contributed by atoms with Gasteiger partial charge in [0.15, 0.2) is 0 Å². The molecule has 0 spiro atoms. The van der Waals surface area contributed by atoms with Crippen molar-refractivity contribution in [1.82, 2.24) is 9.21 Å². The molecule has 1 aliphatic rings. The molecule has 6 nitrogen and oxygen atoms in total. The Morgan fingerprint density at radius 1 is 1.07 bits per heavy atom. The molecule has 1 amide bonds. The Labute approximate surface area is 172 Å². The van der Waals surface area contributed by atoms with Gasteiger partial charge in [-0.1, -0.05) is 22.0 Å². The number of halogens is 2.